The third kappa shape index (κ3) is 5.80. The maximum Gasteiger partial charge on any atom is 0.319 e. The Balaban J connectivity index is 1.16. The normalized spacial score (nSPS) is 21.0. The van der Waals surface area contributed by atoms with Gasteiger partial charge >= 0.3 is 6.01 Å². The van der Waals surface area contributed by atoms with Gasteiger partial charge in [-0.1, -0.05) is 25.8 Å². The Morgan fingerprint density at radius 3 is 2.67 bits per heavy atom. The summed E-state index contributed by atoms with van der Waals surface area (Å²) in [6, 6.07) is 10.9. The van der Waals surface area contributed by atoms with Gasteiger partial charge in [-0.2, -0.15) is 9.97 Å². The van der Waals surface area contributed by atoms with Crippen LogP contribution in [-0.4, -0.2) is 64.8 Å². The highest BCUT2D eigenvalue weighted by atomic mass is 32.1. The van der Waals surface area contributed by atoms with Crippen LogP contribution in [0.25, 0.3) is 32.8 Å². The number of hydrogen-bond donors (Lipinski definition) is 2. The monoisotopic (exact) mass is 705 g/mol. The van der Waals surface area contributed by atoms with Crippen LogP contribution in [-0.2, 0) is 13.0 Å². The van der Waals surface area contributed by atoms with Crippen LogP contribution in [0.15, 0.2) is 41.8 Å². The number of thiophene rings is 1. The van der Waals surface area contributed by atoms with Crippen molar-refractivity contribution >= 4 is 38.8 Å². The molecule has 9 rings (SSSR count). The Morgan fingerprint density at radius 1 is 1.12 bits per heavy atom. The molecule has 4 aliphatic rings. The number of ether oxygens (including phenoxy) is 1. The van der Waals surface area contributed by atoms with E-state index in [4.69, 9.17) is 21.1 Å². The molecule has 5 aromatic rings. The molecule has 0 spiro atoms. The van der Waals surface area contributed by atoms with E-state index in [1.807, 2.05) is 31.3 Å². The minimum atomic E-state index is -0.577. The number of rotatable bonds is 8. The zero-order chi connectivity index (χ0) is 35.0. The molecule has 2 unspecified atom stereocenters. The summed E-state index contributed by atoms with van der Waals surface area (Å²) in [7, 11) is 0. The van der Waals surface area contributed by atoms with E-state index >= 15 is 8.78 Å². The molecule has 5 heterocycles. The molecule has 262 valence electrons. The van der Waals surface area contributed by atoms with Gasteiger partial charge in [0.1, 0.15) is 22.9 Å². The summed E-state index contributed by atoms with van der Waals surface area (Å²) in [5.41, 5.74) is 2.88. The van der Waals surface area contributed by atoms with Gasteiger partial charge in [0.05, 0.1) is 12.2 Å². The molecule has 0 amide bonds. The molecular formula is C41H41F2N5O2S. The Bertz CT molecular complexity index is 2230. The van der Waals surface area contributed by atoms with Crippen LogP contribution >= 0.6 is 11.3 Å². The first-order valence-electron chi connectivity index (χ1n) is 18.1. The highest BCUT2D eigenvalue weighted by molar-refractivity contribution is 7.10. The number of hydrogen-bond acceptors (Lipinski definition) is 8. The summed E-state index contributed by atoms with van der Waals surface area (Å²) in [6.45, 7) is 8.91. The number of benzene rings is 3. The van der Waals surface area contributed by atoms with Gasteiger partial charge in [0.25, 0.3) is 0 Å². The first-order chi connectivity index (χ1) is 24.7. The van der Waals surface area contributed by atoms with Gasteiger partial charge in [-0.05, 0) is 95.8 Å². The van der Waals surface area contributed by atoms with Crippen LogP contribution in [0.5, 0.6) is 11.8 Å². The standard InChI is InChI=1S/C41H41F2N5O2S/c1-4-29-33(42)8-5-24-15-28(49)16-31(35(24)29)36-30(23(2)3)17-32-38(37(36)43)45-40(46-39(32)48-19-26-6-7-27(20-48)44-26)50-22-41(11-12-41)21-47-13-9-34-25(18-47)10-14-51-34/h1,5,8,10,14-17,23,26-27,44,49H,6-7,9,11-13,18-22H2,2-3H3. The van der Waals surface area contributed by atoms with E-state index in [9.17, 15) is 5.11 Å². The zero-order valence-corrected chi connectivity index (χ0v) is 29.8. The molecule has 2 N–H and O–H groups in total. The fourth-order valence-electron chi connectivity index (χ4n) is 8.64. The molecule has 3 fully saturated rings. The van der Waals surface area contributed by atoms with Crippen molar-refractivity contribution in [3.05, 3.63) is 75.0 Å². The Morgan fingerprint density at radius 2 is 1.92 bits per heavy atom. The number of fused-ring (bicyclic) bond motifs is 5. The summed E-state index contributed by atoms with van der Waals surface area (Å²) in [4.78, 5) is 16.1. The smallest absolute Gasteiger partial charge is 0.319 e. The summed E-state index contributed by atoms with van der Waals surface area (Å²) in [5, 5.41) is 18.2. The van der Waals surface area contributed by atoms with E-state index in [0.29, 0.717) is 51.8 Å². The minimum Gasteiger partial charge on any atom is -0.508 e. The largest absolute Gasteiger partial charge is 0.508 e. The number of halogens is 2. The fraction of sp³-hybridized carbons (Fsp3) is 0.415. The van der Waals surface area contributed by atoms with Gasteiger partial charge in [0.2, 0.25) is 0 Å². The summed E-state index contributed by atoms with van der Waals surface area (Å²) in [6.07, 6.45) is 11.2. The van der Waals surface area contributed by atoms with Crippen LogP contribution in [0, 0.1) is 29.4 Å². The molecule has 0 radical (unpaired) electrons. The second kappa shape index (κ2) is 12.4. The fourth-order valence-corrected chi connectivity index (χ4v) is 9.53. The van der Waals surface area contributed by atoms with Gasteiger partial charge in [-0.25, -0.2) is 8.78 Å². The lowest BCUT2D eigenvalue weighted by molar-refractivity contribution is 0.146. The van der Waals surface area contributed by atoms with Gasteiger partial charge < -0.3 is 20.1 Å². The maximum atomic E-state index is 17.5. The molecule has 7 nitrogen and oxygen atoms in total. The molecule has 51 heavy (non-hydrogen) atoms. The molecule has 3 aliphatic heterocycles. The van der Waals surface area contributed by atoms with E-state index in [1.165, 1.54) is 28.6 Å². The van der Waals surface area contributed by atoms with Crippen molar-refractivity contribution in [1.29, 1.82) is 0 Å². The van der Waals surface area contributed by atoms with Gasteiger partial charge in [-0.3, -0.25) is 4.90 Å². The van der Waals surface area contributed by atoms with Gasteiger partial charge in [-0.15, -0.1) is 17.8 Å². The van der Waals surface area contributed by atoms with Crippen molar-refractivity contribution in [1.82, 2.24) is 20.2 Å². The Kier molecular flexibility index (Phi) is 7.95. The van der Waals surface area contributed by atoms with Gasteiger partial charge in [0, 0.05) is 71.4 Å². The van der Waals surface area contributed by atoms with E-state index in [1.54, 1.807) is 6.07 Å². The first kappa shape index (κ1) is 32.6. The van der Waals surface area contributed by atoms with Crippen LogP contribution in [0.2, 0.25) is 0 Å². The Hall–Kier alpha value is -4.30. The number of terminal acetylenes is 1. The highest BCUT2D eigenvalue weighted by Crippen LogP contribution is 2.48. The van der Waals surface area contributed by atoms with Crippen molar-refractivity contribution in [2.75, 3.05) is 37.7 Å². The zero-order valence-electron chi connectivity index (χ0n) is 28.9. The van der Waals surface area contributed by atoms with Crippen LogP contribution in [0.1, 0.15) is 67.0 Å². The number of aromatic hydroxyl groups is 1. The lowest BCUT2D eigenvalue weighted by Crippen LogP contribution is -2.51. The summed E-state index contributed by atoms with van der Waals surface area (Å²) in [5.74, 6) is 1.81. The summed E-state index contributed by atoms with van der Waals surface area (Å²) >= 11 is 1.85. The molecular weight excluding hydrogens is 665 g/mol. The lowest BCUT2D eigenvalue weighted by Gasteiger charge is -2.34. The first-order valence-corrected chi connectivity index (χ1v) is 18.9. The molecule has 10 heteroatoms. The van der Waals surface area contributed by atoms with E-state index in [2.05, 4.69) is 32.5 Å². The van der Waals surface area contributed by atoms with Gasteiger partial charge in [0.15, 0.2) is 5.82 Å². The second-order valence-corrected chi connectivity index (χ2v) is 16.4. The maximum absolute atomic E-state index is 17.5. The number of aromatic nitrogens is 2. The minimum absolute atomic E-state index is 0.0154. The topological polar surface area (TPSA) is 73.8 Å². The molecule has 1 saturated carbocycles. The lowest BCUT2D eigenvalue weighted by atomic mass is 9.86. The highest BCUT2D eigenvalue weighted by Gasteiger charge is 2.45. The average Bonchev–Trinajstić information content (AvgIpc) is 3.56. The molecule has 3 aromatic carbocycles. The van der Waals surface area contributed by atoms with Crippen molar-refractivity contribution in [3.63, 3.8) is 0 Å². The number of piperazine rings is 1. The number of phenolic OH excluding ortho intramolecular Hbond substituents is 1. The Labute approximate surface area is 300 Å². The van der Waals surface area contributed by atoms with E-state index in [-0.39, 0.29) is 39.7 Å². The molecule has 2 atom stereocenters. The van der Waals surface area contributed by atoms with Crippen molar-refractivity contribution in [2.24, 2.45) is 5.41 Å². The van der Waals surface area contributed by atoms with Crippen molar-refractivity contribution in [3.8, 4) is 35.2 Å². The van der Waals surface area contributed by atoms with Crippen LogP contribution in [0.4, 0.5) is 14.6 Å². The SMILES string of the molecule is C#Cc1c(F)ccc2cc(O)cc(-c3c(C(C)C)cc4c(N5CC6CCC(C5)N6)nc(OCC5(CN6CCc7sccc7C6)CC5)nc4c3F)c12. The molecule has 2 aromatic heterocycles. The van der Waals surface area contributed by atoms with E-state index in [0.717, 1.165) is 64.8 Å². The van der Waals surface area contributed by atoms with Crippen LogP contribution < -0.4 is 15.0 Å². The average molecular weight is 706 g/mol. The predicted octanol–water partition coefficient (Wildman–Crippen LogP) is 7.76. The third-order valence-electron chi connectivity index (χ3n) is 11.4. The predicted molar refractivity (Wildman–Crippen MR) is 199 cm³/mol. The van der Waals surface area contributed by atoms with E-state index < -0.39 is 11.6 Å². The number of nitrogens with one attached hydrogen (secondary N) is 1. The van der Waals surface area contributed by atoms with Crippen molar-refractivity contribution in [2.45, 2.75) is 70.5 Å². The van der Waals surface area contributed by atoms with Crippen LogP contribution in [0.3, 0.4) is 0 Å². The third-order valence-corrected chi connectivity index (χ3v) is 12.5. The quantitative estimate of drug-likeness (QED) is 0.160. The number of anilines is 1. The molecule has 1 aliphatic carbocycles. The number of phenols is 1. The molecule has 2 bridgehead atoms. The number of nitrogens with zero attached hydrogens (tertiary/aromatic N) is 4. The second-order valence-electron chi connectivity index (χ2n) is 15.4. The molecule has 2 saturated heterocycles. The van der Waals surface area contributed by atoms with Crippen molar-refractivity contribution < 1.29 is 18.6 Å². The summed E-state index contributed by atoms with van der Waals surface area (Å²) < 4.78 is 39.2.